The highest BCUT2D eigenvalue weighted by Crippen LogP contribution is 2.31. The molecule has 17 heavy (non-hydrogen) atoms. The quantitative estimate of drug-likeness (QED) is 0.549. The molecule has 0 aromatic heterocycles. The Morgan fingerprint density at radius 2 is 2.18 bits per heavy atom. The number of carbonyl (C=O) groups is 1. The number of nitrogens with two attached hydrogens (primary N) is 1. The molecule has 1 rings (SSSR count). The first-order valence-corrected chi connectivity index (χ1v) is 6.70. The zero-order valence-electron chi connectivity index (χ0n) is 11.0. The minimum atomic E-state index is -0.814. The second kappa shape index (κ2) is 6.97. The molecule has 1 aliphatic carbocycles. The molecule has 1 aliphatic rings. The fraction of sp³-hybridized carbons (Fsp3) is 0.923. The Morgan fingerprint density at radius 1 is 1.41 bits per heavy atom. The van der Waals surface area contributed by atoms with Gasteiger partial charge >= 0.3 is 5.97 Å². The van der Waals surface area contributed by atoms with Crippen LogP contribution >= 0.6 is 0 Å². The third-order valence-corrected chi connectivity index (χ3v) is 3.29. The third-order valence-electron chi connectivity index (χ3n) is 3.29. The molecule has 100 valence electrons. The van der Waals surface area contributed by atoms with Crippen molar-refractivity contribution in [3.63, 3.8) is 0 Å². The van der Waals surface area contributed by atoms with Crippen molar-refractivity contribution in [1.82, 2.24) is 0 Å². The van der Waals surface area contributed by atoms with Gasteiger partial charge in [0.25, 0.3) is 0 Å². The smallest absolute Gasteiger partial charge is 0.326 e. The highest BCUT2D eigenvalue weighted by atomic mass is 16.5. The molecule has 1 saturated carbocycles. The molecular formula is C13H25NO3. The molecule has 2 unspecified atom stereocenters. The Labute approximate surface area is 104 Å². The molecule has 1 fully saturated rings. The maximum atomic E-state index is 11.7. The molecule has 0 spiro atoms. The van der Waals surface area contributed by atoms with E-state index in [2.05, 4.69) is 6.92 Å². The van der Waals surface area contributed by atoms with Crippen LogP contribution in [-0.4, -0.2) is 30.8 Å². The molecule has 4 nitrogen and oxygen atoms in total. The van der Waals surface area contributed by atoms with Crippen molar-refractivity contribution in [2.45, 2.75) is 64.0 Å². The summed E-state index contributed by atoms with van der Waals surface area (Å²) in [7, 11) is 0. The van der Waals surface area contributed by atoms with Crippen molar-refractivity contribution < 1.29 is 14.3 Å². The van der Waals surface area contributed by atoms with Crippen LogP contribution in [0.5, 0.6) is 0 Å². The van der Waals surface area contributed by atoms with Gasteiger partial charge in [0.2, 0.25) is 0 Å². The fourth-order valence-corrected chi connectivity index (χ4v) is 2.23. The number of rotatable bonds is 7. The highest BCUT2D eigenvalue weighted by molar-refractivity contribution is 5.81. The third kappa shape index (κ3) is 4.28. The van der Waals surface area contributed by atoms with Gasteiger partial charge in [-0.15, -0.1) is 0 Å². The molecule has 0 heterocycles. The Bertz CT molecular complexity index is 245. The van der Waals surface area contributed by atoms with Crippen LogP contribution in [0, 0.1) is 0 Å². The Hall–Kier alpha value is -0.610. The standard InChI is InChI=1S/C13H25NO3/c1-3-5-6-9-17-11-7-8-13(14,10-11)12(15)16-4-2/h11H,3-10,14H2,1-2H3. The summed E-state index contributed by atoms with van der Waals surface area (Å²) in [6.45, 7) is 5.13. The van der Waals surface area contributed by atoms with Gasteiger partial charge < -0.3 is 15.2 Å². The van der Waals surface area contributed by atoms with Gasteiger partial charge in [-0.05, 0) is 26.2 Å². The van der Waals surface area contributed by atoms with Crippen LogP contribution in [0.1, 0.15) is 52.4 Å². The van der Waals surface area contributed by atoms with Crippen LogP contribution in [0.3, 0.4) is 0 Å². The van der Waals surface area contributed by atoms with Gasteiger partial charge in [-0.3, -0.25) is 4.79 Å². The minimum absolute atomic E-state index is 0.126. The fourth-order valence-electron chi connectivity index (χ4n) is 2.23. The minimum Gasteiger partial charge on any atom is -0.465 e. The lowest BCUT2D eigenvalue weighted by Gasteiger charge is -2.21. The van der Waals surface area contributed by atoms with Crippen LogP contribution in [-0.2, 0) is 14.3 Å². The van der Waals surface area contributed by atoms with E-state index in [1.165, 1.54) is 12.8 Å². The first kappa shape index (κ1) is 14.5. The molecule has 0 bridgehead atoms. The predicted octanol–water partition coefficient (Wildman–Crippen LogP) is 2.01. The summed E-state index contributed by atoms with van der Waals surface area (Å²) in [4.78, 5) is 11.7. The lowest BCUT2D eigenvalue weighted by atomic mass is 9.99. The highest BCUT2D eigenvalue weighted by Gasteiger charge is 2.43. The topological polar surface area (TPSA) is 61.5 Å². The van der Waals surface area contributed by atoms with Gasteiger partial charge in [0.05, 0.1) is 12.7 Å². The zero-order valence-corrected chi connectivity index (χ0v) is 11.0. The maximum Gasteiger partial charge on any atom is 0.326 e. The molecule has 0 aromatic rings. The van der Waals surface area contributed by atoms with Gasteiger partial charge in [-0.1, -0.05) is 19.8 Å². The molecule has 0 aromatic carbocycles. The van der Waals surface area contributed by atoms with E-state index in [0.29, 0.717) is 19.4 Å². The van der Waals surface area contributed by atoms with Gasteiger partial charge in [0.1, 0.15) is 5.54 Å². The number of carbonyl (C=O) groups excluding carboxylic acids is 1. The predicted molar refractivity (Wildman–Crippen MR) is 66.7 cm³/mol. The number of ether oxygens (including phenoxy) is 2. The van der Waals surface area contributed by atoms with E-state index < -0.39 is 5.54 Å². The first-order chi connectivity index (χ1) is 8.12. The Morgan fingerprint density at radius 3 is 2.82 bits per heavy atom. The molecule has 2 atom stereocenters. The summed E-state index contributed by atoms with van der Waals surface area (Å²) in [5, 5.41) is 0. The molecule has 2 N–H and O–H groups in total. The number of hydrogen-bond donors (Lipinski definition) is 1. The van der Waals surface area contributed by atoms with Gasteiger partial charge in [0, 0.05) is 13.0 Å². The van der Waals surface area contributed by atoms with Crippen LogP contribution in [0.4, 0.5) is 0 Å². The van der Waals surface area contributed by atoms with Crippen molar-refractivity contribution in [1.29, 1.82) is 0 Å². The largest absolute Gasteiger partial charge is 0.465 e. The van der Waals surface area contributed by atoms with Crippen molar-refractivity contribution in [3.8, 4) is 0 Å². The first-order valence-electron chi connectivity index (χ1n) is 6.70. The zero-order chi connectivity index (χ0) is 12.7. The van der Waals surface area contributed by atoms with E-state index in [4.69, 9.17) is 15.2 Å². The molecule has 0 aliphatic heterocycles. The van der Waals surface area contributed by atoms with Crippen LogP contribution in [0.25, 0.3) is 0 Å². The van der Waals surface area contributed by atoms with Gasteiger partial charge in [-0.2, -0.15) is 0 Å². The number of hydrogen-bond acceptors (Lipinski definition) is 4. The summed E-state index contributed by atoms with van der Waals surface area (Å²) in [5.41, 5.74) is 5.24. The van der Waals surface area contributed by atoms with Crippen molar-refractivity contribution >= 4 is 5.97 Å². The van der Waals surface area contributed by atoms with E-state index in [-0.39, 0.29) is 12.1 Å². The van der Waals surface area contributed by atoms with Gasteiger partial charge in [-0.25, -0.2) is 0 Å². The molecule has 0 amide bonds. The molecule has 0 saturated heterocycles. The number of unbranched alkanes of at least 4 members (excludes halogenated alkanes) is 2. The van der Waals surface area contributed by atoms with E-state index in [9.17, 15) is 4.79 Å². The summed E-state index contributed by atoms with van der Waals surface area (Å²) in [5.74, 6) is -0.278. The van der Waals surface area contributed by atoms with Crippen LogP contribution in [0.2, 0.25) is 0 Å². The lowest BCUT2D eigenvalue weighted by molar-refractivity contribution is -0.149. The van der Waals surface area contributed by atoms with Crippen LogP contribution in [0.15, 0.2) is 0 Å². The van der Waals surface area contributed by atoms with Crippen molar-refractivity contribution in [2.75, 3.05) is 13.2 Å². The van der Waals surface area contributed by atoms with Crippen LogP contribution < -0.4 is 5.73 Å². The molecular weight excluding hydrogens is 218 g/mol. The summed E-state index contributed by atoms with van der Waals surface area (Å²) in [6, 6.07) is 0. The van der Waals surface area contributed by atoms with Crippen molar-refractivity contribution in [2.24, 2.45) is 5.73 Å². The summed E-state index contributed by atoms with van der Waals surface area (Å²) in [6.07, 6.45) is 5.73. The van der Waals surface area contributed by atoms with E-state index in [1.807, 2.05) is 0 Å². The number of esters is 1. The van der Waals surface area contributed by atoms with Gasteiger partial charge in [0.15, 0.2) is 0 Å². The summed E-state index contributed by atoms with van der Waals surface area (Å²) >= 11 is 0. The molecule has 4 heteroatoms. The SMILES string of the molecule is CCCCCOC1CCC(N)(C(=O)OCC)C1. The maximum absolute atomic E-state index is 11.7. The normalized spacial score (nSPS) is 28.3. The van der Waals surface area contributed by atoms with E-state index >= 15 is 0 Å². The van der Waals surface area contributed by atoms with E-state index in [1.54, 1.807) is 6.92 Å². The van der Waals surface area contributed by atoms with E-state index in [0.717, 1.165) is 19.4 Å². The average molecular weight is 243 g/mol. The lowest BCUT2D eigenvalue weighted by Crippen LogP contribution is -2.47. The second-order valence-electron chi connectivity index (χ2n) is 4.82. The Kier molecular flexibility index (Phi) is 5.92. The Balaban J connectivity index is 2.28. The average Bonchev–Trinajstić information content (AvgIpc) is 2.69. The second-order valence-corrected chi connectivity index (χ2v) is 4.82. The van der Waals surface area contributed by atoms with Crippen molar-refractivity contribution in [3.05, 3.63) is 0 Å². The monoisotopic (exact) mass is 243 g/mol. The molecule has 0 radical (unpaired) electrons. The summed E-state index contributed by atoms with van der Waals surface area (Å²) < 4.78 is 10.7.